The van der Waals surface area contributed by atoms with Crippen molar-refractivity contribution in [3.8, 4) is 0 Å². The highest BCUT2D eigenvalue weighted by atomic mass is 16.4. The van der Waals surface area contributed by atoms with E-state index >= 15 is 0 Å². The van der Waals surface area contributed by atoms with Crippen LogP contribution in [0.4, 0.5) is 5.82 Å². The zero-order chi connectivity index (χ0) is 12.3. The topological polar surface area (TPSA) is 66.6 Å². The van der Waals surface area contributed by atoms with Crippen LogP contribution in [-0.2, 0) is 4.79 Å². The van der Waals surface area contributed by atoms with Crippen LogP contribution in [0.15, 0.2) is 29.0 Å². The van der Waals surface area contributed by atoms with Crippen LogP contribution < -0.4 is 4.90 Å². The van der Waals surface area contributed by atoms with E-state index in [2.05, 4.69) is 4.98 Å². The number of furan rings is 1. The van der Waals surface area contributed by atoms with E-state index in [4.69, 9.17) is 9.52 Å². The third kappa shape index (κ3) is 2.38. The van der Waals surface area contributed by atoms with Gasteiger partial charge in [0, 0.05) is 12.7 Å². The average molecular weight is 234 g/mol. The molecule has 0 aliphatic carbocycles. The molecule has 2 aromatic heterocycles. The molecule has 2 aromatic rings. The maximum absolute atomic E-state index is 10.8. The highest BCUT2D eigenvalue weighted by Crippen LogP contribution is 2.25. The number of carboxylic acid groups (broad SMARTS) is 1. The summed E-state index contributed by atoms with van der Waals surface area (Å²) in [5.74, 6) is -0.193. The predicted octanol–water partition coefficient (Wildman–Crippen LogP) is 2.13. The summed E-state index contributed by atoms with van der Waals surface area (Å²) in [7, 11) is 0. The van der Waals surface area contributed by atoms with Gasteiger partial charge in [0.05, 0.1) is 11.6 Å². The van der Waals surface area contributed by atoms with Gasteiger partial charge in [0.15, 0.2) is 0 Å². The van der Waals surface area contributed by atoms with Gasteiger partial charge in [-0.1, -0.05) is 6.92 Å². The summed E-state index contributed by atoms with van der Waals surface area (Å²) in [6, 6.07) is 3.58. The lowest BCUT2D eigenvalue weighted by Crippen LogP contribution is -2.31. The van der Waals surface area contributed by atoms with E-state index in [0.29, 0.717) is 12.4 Å². The van der Waals surface area contributed by atoms with Crippen molar-refractivity contribution >= 4 is 22.8 Å². The van der Waals surface area contributed by atoms with Gasteiger partial charge in [0.2, 0.25) is 0 Å². The Bertz CT molecular complexity index is 521. The van der Waals surface area contributed by atoms with Gasteiger partial charge in [-0.25, -0.2) is 4.98 Å². The van der Waals surface area contributed by atoms with Crippen molar-refractivity contribution in [3.05, 3.63) is 24.6 Å². The summed E-state index contributed by atoms with van der Waals surface area (Å²) < 4.78 is 5.28. The van der Waals surface area contributed by atoms with Crippen LogP contribution in [0.25, 0.3) is 11.0 Å². The number of aromatic nitrogens is 1. The Balaban J connectivity index is 2.40. The van der Waals surface area contributed by atoms with E-state index in [9.17, 15) is 4.79 Å². The van der Waals surface area contributed by atoms with Crippen molar-refractivity contribution in [2.24, 2.45) is 0 Å². The number of carboxylic acids is 1. The van der Waals surface area contributed by atoms with Crippen molar-refractivity contribution < 1.29 is 14.3 Å². The third-order valence-corrected chi connectivity index (χ3v) is 2.48. The summed E-state index contributed by atoms with van der Waals surface area (Å²) in [6.07, 6.45) is 4.08. The Morgan fingerprint density at radius 3 is 3.06 bits per heavy atom. The fraction of sp³-hybridized carbons (Fsp3) is 0.333. The van der Waals surface area contributed by atoms with Gasteiger partial charge in [-0.2, -0.15) is 0 Å². The lowest BCUT2D eigenvalue weighted by Gasteiger charge is -2.21. The van der Waals surface area contributed by atoms with Crippen LogP contribution in [0.1, 0.15) is 13.3 Å². The Kier molecular flexibility index (Phi) is 3.27. The van der Waals surface area contributed by atoms with Gasteiger partial charge in [0.25, 0.3) is 0 Å². The predicted molar refractivity (Wildman–Crippen MR) is 64.1 cm³/mol. The van der Waals surface area contributed by atoms with E-state index in [-0.39, 0.29) is 6.54 Å². The minimum absolute atomic E-state index is 0.0505. The van der Waals surface area contributed by atoms with Crippen molar-refractivity contribution in [1.29, 1.82) is 0 Å². The van der Waals surface area contributed by atoms with Gasteiger partial charge in [-0.05, 0) is 18.6 Å². The number of carbonyl (C=O) groups is 1. The van der Waals surface area contributed by atoms with E-state index < -0.39 is 5.97 Å². The van der Waals surface area contributed by atoms with E-state index in [1.54, 1.807) is 23.4 Å². The molecular formula is C12H14N2O3. The Labute approximate surface area is 98.7 Å². The normalized spacial score (nSPS) is 10.6. The molecule has 0 aliphatic heterocycles. The maximum atomic E-state index is 10.8. The highest BCUT2D eigenvalue weighted by Gasteiger charge is 2.14. The fourth-order valence-corrected chi connectivity index (χ4v) is 1.82. The first-order valence-corrected chi connectivity index (χ1v) is 5.51. The number of anilines is 1. The van der Waals surface area contributed by atoms with Gasteiger partial charge >= 0.3 is 5.97 Å². The SMILES string of the molecule is CCCN(CC(=O)O)c1nccc2occc12. The number of pyridine rings is 1. The quantitative estimate of drug-likeness (QED) is 0.858. The van der Waals surface area contributed by atoms with Crippen molar-refractivity contribution in [1.82, 2.24) is 4.98 Å². The first-order chi connectivity index (χ1) is 8.22. The largest absolute Gasteiger partial charge is 0.480 e. The van der Waals surface area contributed by atoms with Crippen molar-refractivity contribution in [2.45, 2.75) is 13.3 Å². The number of aliphatic carboxylic acids is 1. The van der Waals surface area contributed by atoms with Crippen LogP contribution in [-0.4, -0.2) is 29.1 Å². The maximum Gasteiger partial charge on any atom is 0.323 e. The molecule has 2 heterocycles. The summed E-state index contributed by atoms with van der Waals surface area (Å²) in [5, 5.41) is 9.75. The molecule has 0 atom stereocenters. The summed E-state index contributed by atoms with van der Waals surface area (Å²) in [5.41, 5.74) is 0.724. The van der Waals surface area contributed by atoms with Crippen LogP contribution >= 0.6 is 0 Å². The molecule has 2 rings (SSSR count). The van der Waals surface area contributed by atoms with E-state index in [1.165, 1.54) is 0 Å². The van der Waals surface area contributed by atoms with Crippen LogP contribution in [0.2, 0.25) is 0 Å². The molecule has 0 saturated carbocycles. The second kappa shape index (κ2) is 4.86. The molecule has 0 bridgehead atoms. The zero-order valence-electron chi connectivity index (χ0n) is 9.59. The van der Waals surface area contributed by atoms with Gasteiger partial charge in [0.1, 0.15) is 17.9 Å². The molecule has 0 radical (unpaired) electrons. The molecule has 0 aliphatic rings. The van der Waals surface area contributed by atoms with Crippen LogP contribution in [0, 0.1) is 0 Å². The average Bonchev–Trinajstić information content (AvgIpc) is 2.75. The Morgan fingerprint density at radius 2 is 2.35 bits per heavy atom. The lowest BCUT2D eigenvalue weighted by molar-refractivity contribution is -0.135. The van der Waals surface area contributed by atoms with E-state index in [0.717, 1.165) is 17.4 Å². The first kappa shape index (κ1) is 11.4. The molecule has 1 N–H and O–H groups in total. The Morgan fingerprint density at radius 1 is 1.53 bits per heavy atom. The minimum Gasteiger partial charge on any atom is -0.480 e. The number of rotatable bonds is 5. The van der Waals surface area contributed by atoms with Crippen LogP contribution in [0.3, 0.4) is 0 Å². The molecule has 5 heteroatoms. The molecule has 0 unspecified atom stereocenters. The second-order valence-electron chi connectivity index (χ2n) is 3.78. The number of nitrogens with zero attached hydrogens (tertiary/aromatic N) is 2. The summed E-state index contributed by atoms with van der Waals surface area (Å²) in [6.45, 7) is 2.61. The summed E-state index contributed by atoms with van der Waals surface area (Å²) in [4.78, 5) is 16.8. The standard InChI is InChI=1S/C12H14N2O3/c1-2-6-14(8-11(15)16)12-9-4-7-17-10(9)3-5-13-12/h3-5,7H,2,6,8H2,1H3,(H,15,16). The zero-order valence-corrected chi connectivity index (χ0v) is 9.59. The molecule has 17 heavy (non-hydrogen) atoms. The summed E-state index contributed by atoms with van der Waals surface area (Å²) >= 11 is 0. The van der Waals surface area contributed by atoms with E-state index in [1.807, 2.05) is 13.0 Å². The molecular weight excluding hydrogens is 220 g/mol. The highest BCUT2D eigenvalue weighted by molar-refractivity contribution is 5.89. The third-order valence-electron chi connectivity index (χ3n) is 2.48. The molecule has 5 nitrogen and oxygen atoms in total. The first-order valence-electron chi connectivity index (χ1n) is 5.51. The van der Waals surface area contributed by atoms with Crippen molar-refractivity contribution in [3.63, 3.8) is 0 Å². The molecule has 90 valence electrons. The monoisotopic (exact) mass is 234 g/mol. The lowest BCUT2D eigenvalue weighted by atomic mass is 10.2. The molecule has 0 aromatic carbocycles. The number of fused-ring (bicyclic) bond motifs is 1. The molecule has 0 fully saturated rings. The minimum atomic E-state index is -0.860. The van der Waals surface area contributed by atoms with Crippen molar-refractivity contribution in [2.75, 3.05) is 18.0 Å². The van der Waals surface area contributed by atoms with Gasteiger partial charge in [-0.3, -0.25) is 4.79 Å². The van der Waals surface area contributed by atoms with Gasteiger partial charge < -0.3 is 14.4 Å². The van der Waals surface area contributed by atoms with Crippen LogP contribution in [0.5, 0.6) is 0 Å². The number of hydrogen-bond donors (Lipinski definition) is 1. The molecule has 0 saturated heterocycles. The molecule has 0 amide bonds. The smallest absolute Gasteiger partial charge is 0.323 e. The fourth-order valence-electron chi connectivity index (χ4n) is 1.82. The molecule has 0 spiro atoms. The second-order valence-corrected chi connectivity index (χ2v) is 3.78. The Hall–Kier alpha value is -2.04. The number of hydrogen-bond acceptors (Lipinski definition) is 4. The van der Waals surface area contributed by atoms with Gasteiger partial charge in [-0.15, -0.1) is 0 Å².